The van der Waals surface area contributed by atoms with Crippen molar-refractivity contribution >= 4 is 81.3 Å². The molecule has 0 radical (unpaired) electrons. The van der Waals surface area contributed by atoms with Gasteiger partial charge in [0.25, 0.3) is 0 Å². The predicted molar refractivity (Wildman–Crippen MR) is 286 cm³/mol. The minimum atomic E-state index is -1.57. The topological polar surface area (TPSA) is 320 Å². The van der Waals surface area contributed by atoms with Gasteiger partial charge in [0, 0.05) is 36.2 Å². The van der Waals surface area contributed by atoms with E-state index in [4.69, 9.17) is 18.9 Å². The quantitative estimate of drug-likeness (QED) is 0.0163. The summed E-state index contributed by atoms with van der Waals surface area (Å²) in [6, 6.07) is 24.8. The fourth-order valence-corrected chi connectivity index (χ4v) is 11.1. The van der Waals surface area contributed by atoms with Gasteiger partial charge < -0.3 is 61.1 Å². The number of carbonyl (C=O) groups excluding carboxylic acids is 8. The Labute approximate surface area is 456 Å². The molecule has 0 unspecified atom stereocenters. The zero-order valence-electron chi connectivity index (χ0n) is 42.6. The van der Waals surface area contributed by atoms with Gasteiger partial charge in [-0.05, 0) is 71.2 Å². The second-order valence-electron chi connectivity index (χ2n) is 17.7. The van der Waals surface area contributed by atoms with Crippen LogP contribution in [-0.4, -0.2) is 145 Å². The van der Waals surface area contributed by atoms with Crippen LogP contribution in [0.4, 0.5) is 9.59 Å². The monoisotopic (exact) mass is 1110 g/mol. The second kappa shape index (κ2) is 29.4. The molecule has 2 aliphatic rings. The first-order valence-electron chi connectivity index (χ1n) is 25.0. The number of aliphatic carboxylic acids is 2. The Morgan fingerprint density at radius 1 is 0.462 bits per heavy atom. The first-order valence-corrected chi connectivity index (χ1v) is 27.5. The van der Waals surface area contributed by atoms with Crippen LogP contribution in [0.3, 0.4) is 0 Å². The van der Waals surface area contributed by atoms with Gasteiger partial charge in [-0.15, -0.1) is 0 Å². The van der Waals surface area contributed by atoms with E-state index in [9.17, 15) is 58.2 Å². The lowest BCUT2D eigenvalue weighted by Crippen LogP contribution is -2.50. The van der Waals surface area contributed by atoms with Crippen molar-refractivity contribution in [1.29, 1.82) is 0 Å². The summed E-state index contributed by atoms with van der Waals surface area (Å²) in [7, 11) is 1.91. The van der Waals surface area contributed by atoms with Crippen LogP contribution in [0, 0.1) is 0 Å². The maximum atomic E-state index is 13.4. The minimum absolute atomic E-state index is 0.0274. The molecule has 8 N–H and O–H groups in total. The molecule has 4 aromatic carbocycles. The molecular weight excluding hydrogens is 1050 g/mol. The Hall–Kier alpha value is -8.12. The van der Waals surface area contributed by atoms with Gasteiger partial charge >= 0.3 is 36.1 Å². The summed E-state index contributed by atoms with van der Waals surface area (Å²) in [6.07, 6.45) is -3.84. The molecule has 0 aromatic heterocycles. The Bertz CT molecular complexity index is 2570. The van der Waals surface area contributed by atoms with E-state index < -0.39 is 123 Å². The molecule has 414 valence electrons. The normalized spacial score (nSPS) is 13.5. The van der Waals surface area contributed by atoms with Crippen LogP contribution in [0.5, 0.6) is 0 Å². The number of carbonyl (C=O) groups is 10. The number of hydrogen-bond donors (Lipinski definition) is 8. The lowest BCUT2D eigenvalue weighted by atomic mass is 9.98. The highest BCUT2D eigenvalue weighted by atomic mass is 33.1. The van der Waals surface area contributed by atoms with Crippen LogP contribution in [0.2, 0.25) is 0 Å². The van der Waals surface area contributed by atoms with Gasteiger partial charge in [-0.25, -0.2) is 19.2 Å². The molecule has 6 amide bonds. The Balaban J connectivity index is 1.01. The van der Waals surface area contributed by atoms with Crippen LogP contribution in [0.15, 0.2) is 97.1 Å². The summed E-state index contributed by atoms with van der Waals surface area (Å²) in [5.41, 5.74) is 7.77. The molecule has 4 aromatic rings. The number of fused-ring (bicyclic) bond motifs is 6. The third kappa shape index (κ3) is 16.7. The molecule has 0 spiro atoms. The first kappa shape index (κ1) is 59.1. The highest BCUT2D eigenvalue weighted by Gasteiger charge is 2.33. The smallest absolute Gasteiger partial charge is 0.407 e. The van der Waals surface area contributed by atoms with Crippen molar-refractivity contribution < 1.29 is 77.1 Å². The molecule has 0 fully saturated rings. The van der Waals surface area contributed by atoms with Gasteiger partial charge in [0.05, 0.1) is 13.2 Å². The van der Waals surface area contributed by atoms with E-state index in [0.717, 1.165) is 66.1 Å². The third-order valence-electron chi connectivity index (χ3n) is 12.5. The number of hydrogen-bond acceptors (Lipinski definition) is 16. The van der Waals surface area contributed by atoms with E-state index in [1.807, 2.05) is 97.1 Å². The molecule has 2 aliphatic carbocycles. The Morgan fingerprint density at radius 2 is 0.782 bits per heavy atom. The minimum Gasteiger partial charge on any atom is -0.480 e. The lowest BCUT2D eigenvalue weighted by molar-refractivity contribution is -0.144. The number of carboxylic acids is 2. The molecule has 0 heterocycles. The number of esters is 2. The average molecular weight is 1110 g/mol. The van der Waals surface area contributed by atoms with E-state index >= 15 is 0 Å². The van der Waals surface area contributed by atoms with Gasteiger partial charge in [0.1, 0.15) is 50.5 Å². The highest BCUT2D eigenvalue weighted by Crippen LogP contribution is 2.45. The number of benzene rings is 4. The summed E-state index contributed by atoms with van der Waals surface area (Å²) in [6.45, 7) is 1.90. The van der Waals surface area contributed by atoms with Crippen molar-refractivity contribution in [1.82, 2.24) is 31.9 Å². The SMILES string of the molecule is CCOC(=O)CNC(=O)[C@H](CSSC[C@H](NC(=O)CC[C@H](NC(=O)OCC1c2ccccc2-c2ccccc21)C(=O)O)C(=O)NCC(=O)OCC)NC(=O)CC[C@H](NC(=O)OCC1c2ccccc2-c2ccccc21)C(=O)O. The molecule has 6 rings (SSSR count). The Kier molecular flexibility index (Phi) is 22.3. The lowest BCUT2D eigenvalue weighted by Gasteiger charge is -2.21. The van der Waals surface area contributed by atoms with E-state index in [0.29, 0.717) is 0 Å². The number of amides is 6. The van der Waals surface area contributed by atoms with Crippen LogP contribution in [-0.2, 0) is 57.3 Å². The standard InChI is InChI=1S/C54H60N6O16S2/c1-3-73-47(63)25-55-49(65)43(57-45(61)23-21-41(51(67)68)59-53(71)75-27-39-35-17-9-5-13-31(35)32-14-6-10-18-36(32)39)29-77-78-30-44(50(66)56-26-48(64)74-4-2)58-46(62)24-22-42(52(69)70)60-54(72)76-28-40-37-19-11-7-15-33(37)34-16-8-12-20-38(34)40/h5-20,39-44H,3-4,21-30H2,1-2H3,(H,55,65)(H,56,66)(H,57,61)(H,58,62)(H,59,71)(H,60,72)(H,67,68)(H,69,70)/t41-,42-,43-,44-/m0/s1. The maximum absolute atomic E-state index is 13.4. The van der Waals surface area contributed by atoms with Gasteiger partial charge in [-0.3, -0.25) is 28.8 Å². The predicted octanol–water partition coefficient (Wildman–Crippen LogP) is 4.24. The average Bonchev–Trinajstić information content (AvgIpc) is 4.00. The molecule has 24 heteroatoms. The van der Waals surface area contributed by atoms with Gasteiger partial charge in [0.2, 0.25) is 23.6 Å². The van der Waals surface area contributed by atoms with Crippen LogP contribution in [0.1, 0.15) is 73.6 Å². The van der Waals surface area contributed by atoms with Crippen molar-refractivity contribution in [2.45, 2.75) is 75.5 Å². The first-order chi connectivity index (χ1) is 37.6. The number of ether oxygens (including phenoxy) is 4. The van der Waals surface area contributed by atoms with Gasteiger partial charge in [-0.2, -0.15) is 0 Å². The summed E-state index contributed by atoms with van der Waals surface area (Å²) >= 11 is 0. The van der Waals surface area contributed by atoms with Crippen LogP contribution in [0.25, 0.3) is 22.3 Å². The molecule has 0 aliphatic heterocycles. The molecule has 22 nitrogen and oxygen atoms in total. The van der Waals surface area contributed by atoms with E-state index in [2.05, 4.69) is 31.9 Å². The number of alkyl carbamates (subject to hydrolysis) is 2. The van der Waals surface area contributed by atoms with Crippen molar-refractivity contribution in [2.24, 2.45) is 0 Å². The maximum Gasteiger partial charge on any atom is 0.407 e. The fourth-order valence-electron chi connectivity index (χ4n) is 8.75. The van der Waals surface area contributed by atoms with Crippen molar-refractivity contribution in [3.05, 3.63) is 119 Å². The summed E-state index contributed by atoms with van der Waals surface area (Å²) in [5.74, 6) is -8.69. The Morgan fingerprint density at radius 3 is 1.09 bits per heavy atom. The van der Waals surface area contributed by atoms with E-state index in [-0.39, 0.29) is 49.8 Å². The fraction of sp³-hybridized carbons (Fsp3) is 0.370. The molecule has 0 saturated heterocycles. The van der Waals surface area contributed by atoms with Crippen molar-refractivity contribution in [3.8, 4) is 22.3 Å². The molecule has 0 bridgehead atoms. The zero-order valence-corrected chi connectivity index (χ0v) is 44.2. The molecule has 4 atom stereocenters. The molecule has 0 saturated carbocycles. The van der Waals surface area contributed by atoms with Crippen molar-refractivity contribution in [2.75, 3.05) is 51.0 Å². The zero-order chi connectivity index (χ0) is 56.1. The third-order valence-corrected chi connectivity index (χ3v) is 14.9. The van der Waals surface area contributed by atoms with E-state index in [1.165, 1.54) is 0 Å². The number of carboxylic acid groups (broad SMARTS) is 2. The van der Waals surface area contributed by atoms with Gasteiger partial charge in [0.15, 0.2) is 0 Å². The number of nitrogens with one attached hydrogen (secondary N) is 6. The number of rotatable bonds is 29. The second-order valence-corrected chi connectivity index (χ2v) is 20.2. The van der Waals surface area contributed by atoms with Gasteiger partial charge in [-0.1, -0.05) is 119 Å². The molecular formula is C54H60N6O16S2. The van der Waals surface area contributed by atoms with Crippen molar-refractivity contribution in [3.63, 3.8) is 0 Å². The summed E-state index contributed by atoms with van der Waals surface area (Å²) in [5, 5.41) is 34.2. The summed E-state index contributed by atoms with van der Waals surface area (Å²) < 4.78 is 20.7. The van der Waals surface area contributed by atoms with Crippen LogP contribution >= 0.6 is 21.6 Å². The van der Waals surface area contributed by atoms with E-state index in [1.54, 1.807) is 13.8 Å². The largest absolute Gasteiger partial charge is 0.480 e. The molecule has 78 heavy (non-hydrogen) atoms. The van der Waals surface area contributed by atoms with Crippen LogP contribution < -0.4 is 31.9 Å². The highest BCUT2D eigenvalue weighted by molar-refractivity contribution is 8.76. The summed E-state index contributed by atoms with van der Waals surface area (Å²) in [4.78, 5) is 128.